The Morgan fingerprint density at radius 2 is 2.56 bits per heavy atom. The maximum absolute atomic E-state index is 11.5. The third-order valence-electron chi connectivity index (χ3n) is 2.33. The Bertz CT molecular complexity index is 296. The summed E-state index contributed by atoms with van der Waals surface area (Å²) >= 11 is 0. The second kappa shape index (κ2) is 6.84. The van der Waals surface area contributed by atoms with E-state index in [1.165, 1.54) is 7.11 Å². The van der Waals surface area contributed by atoms with Gasteiger partial charge in [-0.3, -0.25) is 4.79 Å². The molecular formula is C9H18N3O3P. The van der Waals surface area contributed by atoms with Crippen LogP contribution in [0, 0.1) is 5.00 Å². The first-order chi connectivity index (χ1) is 7.63. The van der Waals surface area contributed by atoms with Crippen LogP contribution < -0.4 is 10.4 Å². The van der Waals surface area contributed by atoms with E-state index in [1.807, 2.05) is 0 Å². The molecule has 0 radical (unpaired) electrons. The van der Waals surface area contributed by atoms with E-state index in [1.54, 1.807) is 6.66 Å². The Labute approximate surface area is 96.1 Å². The smallest absolute Gasteiger partial charge is 0.323 e. The zero-order chi connectivity index (χ0) is 12.0. The number of carbonyl (C=O) groups is 1. The summed E-state index contributed by atoms with van der Waals surface area (Å²) in [6.07, 6.45) is 0.493. The standard InChI is InChI=1S/C9H18N3O3P/c1-14-9(13)8(12-16(2)10)5-7-6-11-3-4-15-7/h7-8,11-12H,3-6H2,1-2H3/t7-,8-/m0/s1. The van der Waals surface area contributed by atoms with Gasteiger partial charge in [0.2, 0.25) is 0 Å². The van der Waals surface area contributed by atoms with Crippen molar-refractivity contribution in [3.63, 3.8) is 0 Å². The lowest BCUT2D eigenvalue weighted by Crippen LogP contribution is -2.44. The van der Waals surface area contributed by atoms with Gasteiger partial charge >= 0.3 is 5.97 Å². The molecule has 3 atom stereocenters. The highest BCUT2D eigenvalue weighted by molar-refractivity contribution is 7.40. The predicted molar refractivity (Wildman–Crippen MR) is 60.7 cm³/mol. The van der Waals surface area contributed by atoms with Crippen molar-refractivity contribution in [2.45, 2.75) is 18.6 Å². The number of hydrogen-bond acceptors (Lipinski definition) is 6. The Morgan fingerprint density at radius 3 is 3.06 bits per heavy atom. The largest absolute Gasteiger partial charge is 0.468 e. The molecule has 1 aliphatic heterocycles. The fourth-order valence-electron chi connectivity index (χ4n) is 1.60. The van der Waals surface area contributed by atoms with Gasteiger partial charge in [-0.1, -0.05) is 0 Å². The Balaban J connectivity index is 2.48. The molecule has 0 aromatic rings. The van der Waals surface area contributed by atoms with Gasteiger partial charge in [-0.2, -0.15) is 0 Å². The van der Waals surface area contributed by atoms with Crippen LogP contribution in [0.1, 0.15) is 6.42 Å². The van der Waals surface area contributed by atoms with Gasteiger partial charge < -0.3 is 14.8 Å². The van der Waals surface area contributed by atoms with Crippen molar-refractivity contribution in [2.24, 2.45) is 0 Å². The number of methoxy groups -OCH3 is 1. The molecule has 16 heavy (non-hydrogen) atoms. The van der Waals surface area contributed by atoms with Crippen molar-refractivity contribution in [1.82, 2.24) is 10.4 Å². The lowest BCUT2D eigenvalue weighted by atomic mass is 10.1. The first-order valence-electron chi connectivity index (χ1n) is 5.22. The number of carbonyl (C=O) groups excluding carboxylic acids is 1. The Hall–Kier alpha value is -0.640. The second-order valence-corrected chi connectivity index (χ2v) is 4.97. The van der Waals surface area contributed by atoms with Gasteiger partial charge in [0, 0.05) is 26.2 Å². The minimum atomic E-state index is -1.33. The molecule has 0 saturated carbocycles. The molecule has 0 spiro atoms. The lowest BCUT2D eigenvalue weighted by Gasteiger charge is -2.26. The summed E-state index contributed by atoms with van der Waals surface area (Å²) in [7, 11) is 0.00791. The van der Waals surface area contributed by atoms with Crippen LogP contribution in [-0.4, -0.2) is 51.6 Å². The van der Waals surface area contributed by atoms with Crippen LogP contribution in [-0.2, 0) is 14.3 Å². The highest BCUT2D eigenvalue weighted by Gasteiger charge is 2.25. The Kier molecular flexibility index (Phi) is 5.74. The van der Waals surface area contributed by atoms with Crippen LogP contribution in [0.15, 0.2) is 0 Å². The van der Waals surface area contributed by atoms with E-state index in [-0.39, 0.29) is 12.1 Å². The number of nitrogens with one attached hydrogen (secondary N) is 2. The van der Waals surface area contributed by atoms with E-state index >= 15 is 0 Å². The topological polar surface area (TPSA) is 83.4 Å². The van der Waals surface area contributed by atoms with Crippen molar-refractivity contribution in [3.05, 3.63) is 0 Å². The molecule has 1 heterocycles. The fraction of sp³-hybridized carbons (Fsp3) is 0.889. The van der Waals surface area contributed by atoms with E-state index < -0.39 is 13.8 Å². The molecular weight excluding hydrogens is 229 g/mol. The normalized spacial score (nSPS) is 23.6. The predicted octanol–water partition coefficient (Wildman–Crippen LogP) is 0.00218. The van der Waals surface area contributed by atoms with Crippen LogP contribution in [0.4, 0.5) is 0 Å². The van der Waals surface area contributed by atoms with E-state index in [2.05, 4.69) is 15.1 Å². The monoisotopic (exact) mass is 247 g/mol. The fourth-order valence-corrected chi connectivity index (χ4v) is 2.27. The maximum Gasteiger partial charge on any atom is 0.323 e. The summed E-state index contributed by atoms with van der Waals surface area (Å²) in [5.41, 5.74) is 0. The number of nitrogens with zero attached hydrogens (tertiary/aromatic N) is 1. The molecule has 0 aliphatic carbocycles. The molecule has 2 N–H and O–H groups in total. The molecule has 0 amide bonds. The van der Waals surface area contributed by atoms with Gasteiger partial charge in [-0.05, 0) is 0 Å². The average Bonchev–Trinajstić information content (AvgIpc) is 2.28. The van der Waals surface area contributed by atoms with E-state index in [9.17, 15) is 9.80 Å². The van der Waals surface area contributed by atoms with Crippen molar-refractivity contribution in [2.75, 3.05) is 33.5 Å². The maximum atomic E-state index is 11.5. The van der Waals surface area contributed by atoms with Crippen molar-refractivity contribution in [1.29, 1.82) is 5.00 Å². The molecule has 0 bridgehead atoms. The molecule has 1 fully saturated rings. The summed E-state index contributed by atoms with van der Waals surface area (Å²) in [5, 5.41) is 15.3. The molecule has 92 valence electrons. The van der Waals surface area contributed by atoms with Crippen LogP contribution >= 0.6 is 7.71 Å². The van der Waals surface area contributed by atoms with Crippen molar-refractivity contribution >= 4 is 13.7 Å². The van der Waals surface area contributed by atoms with Gasteiger partial charge in [0.1, 0.15) is 13.8 Å². The summed E-state index contributed by atoms with van der Waals surface area (Å²) in [4.78, 5) is 11.5. The summed E-state index contributed by atoms with van der Waals surface area (Å²) in [6.45, 7) is 3.85. The summed E-state index contributed by atoms with van der Waals surface area (Å²) < 4.78 is 10.2. The van der Waals surface area contributed by atoms with Gasteiger partial charge in [-0.25, -0.2) is 10.1 Å². The highest BCUT2D eigenvalue weighted by atomic mass is 31.1. The second-order valence-electron chi connectivity index (χ2n) is 3.66. The third kappa shape index (κ3) is 4.47. The quantitative estimate of drug-likeness (QED) is 0.537. The van der Waals surface area contributed by atoms with Crippen molar-refractivity contribution < 1.29 is 14.3 Å². The molecule has 6 nitrogen and oxygen atoms in total. The SMILES string of the molecule is COC(=O)[C@H](C[C@H]1CNCCO1)NP(C)#N. The first-order valence-corrected chi connectivity index (χ1v) is 6.96. The van der Waals surface area contributed by atoms with E-state index in [4.69, 9.17) is 4.74 Å². The number of ether oxygens (including phenoxy) is 2. The van der Waals surface area contributed by atoms with Crippen LogP contribution in [0.3, 0.4) is 0 Å². The molecule has 0 aromatic heterocycles. The lowest BCUT2D eigenvalue weighted by molar-refractivity contribution is -0.143. The van der Waals surface area contributed by atoms with Gasteiger partial charge in [0.25, 0.3) is 0 Å². The van der Waals surface area contributed by atoms with Crippen LogP contribution in [0.5, 0.6) is 0 Å². The van der Waals surface area contributed by atoms with E-state index in [0.29, 0.717) is 13.0 Å². The highest BCUT2D eigenvalue weighted by Crippen LogP contribution is 2.12. The number of morpholine rings is 1. The minimum absolute atomic E-state index is 0.0136. The molecule has 1 unspecified atom stereocenters. The minimum Gasteiger partial charge on any atom is -0.468 e. The average molecular weight is 247 g/mol. The first kappa shape index (κ1) is 13.4. The molecule has 1 aliphatic rings. The Morgan fingerprint density at radius 1 is 1.81 bits per heavy atom. The third-order valence-corrected chi connectivity index (χ3v) is 3.02. The van der Waals surface area contributed by atoms with Gasteiger partial charge in [0.05, 0.1) is 19.8 Å². The molecule has 0 aromatic carbocycles. The van der Waals surface area contributed by atoms with E-state index in [0.717, 1.165) is 13.1 Å². The van der Waals surface area contributed by atoms with Crippen LogP contribution in [0.25, 0.3) is 0 Å². The number of rotatable bonds is 4. The number of esters is 1. The van der Waals surface area contributed by atoms with Gasteiger partial charge in [0.15, 0.2) is 0 Å². The summed E-state index contributed by atoms with van der Waals surface area (Å²) in [5.74, 6) is -0.363. The summed E-state index contributed by atoms with van der Waals surface area (Å²) in [6, 6.07) is -0.504. The zero-order valence-electron chi connectivity index (χ0n) is 9.60. The zero-order valence-corrected chi connectivity index (χ0v) is 10.5. The van der Waals surface area contributed by atoms with Crippen molar-refractivity contribution in [3.8, 4) is 0 Å². The molecule has 1 saturated heterocycles. The van der Waals surface area contributed by atoms with Gasteiger partial charge in [-0.15, -0.1) is 0 Å². The van der Waals surface area contributed by atoms with Crippen LogP contribution in [0.2, 0.25) is 0 Å². The number of hydrogen-bond donors (Lipinski definition) is 2. The molecule has 1 rings (SSSR count). The molecule has 7 heteroatoms.